The molecule has 2 unspecified atom stereocenters. The Kier molecular flexibility index (Phi) is 4.66. The molecule has 0 aliphatic heterocycles. The van der Waals surface area contributed by atoms with Crippen LogP contribution in [0.25, 0.3) is 10.9 Å². The molecule has 6 nitrogen and oxygen atoms in total. The molecular weight excluding hydrogens is 294 g/mol. The van der Waals surface area contributed by atoms with Gasteiger partial charge in [-0.3, -0.25) is 4.79 Å². The molecule has 4 N–H and O–H groups in total. The fraction of sp³-hybridized carbons (Fsp3) is 0.286. The van der Waals surface area contributed by atoms with Crippen LogP contribution in [-0.2, 0) is 4.79 Å². The lowest BCUT2D eigenvalue weighted by molar-refractivity contribution is -0.109. The topological polar surface area (TPSA) is 111 Å². The summed E-state index contributed by atoms with van der Waals surface area (Å²) in [4.78, 5) is 24.9. The van der Waals surface area contributed by atoms with E-state index in [1.165, 1.54) is 6.92 Å². The SMILES string of the molecule is CC(=O)SCC(O)C(O)c1c(C(=O)O)[nH]c2ccccc12. The van der Waals surface area contributed by atoms with Crippen molar-refractivity contribution >= 4 is 33.7 Å². The normalized spacial score (nSPS) is 14.0. The lowest BCUT2D eigenvalue weighted by atomic mass is 10.0. The zero-order chi connectivity index (χ0) is 15.6. The Bertz CT molecular complexity index is 681. The molecule has 0 aliphatic carbocycles. The maximum absolute atomic E-state index is 11.3. The monoisotopic (exact) mass is 309 g/mol. The molecule has 1 aromatic carbocycles. The largest absolute Gasteiger partial charge is 0.477 e. The number of carbonyl (C=O) groups is 2. The predicted molar refractivity (Wildman–Crippen MR) is 79.4 cm³/mol. The first-order chi connectivity index (χ1) is 9.91. The van der Waals surface area contributed by atoms with Crippen LogP contribution in [0.2, 0.25) is 0 Å². The van der Waals surface area contributed by atoms with Crippen molar-refractivity contribution in [2.45, 2.75) is 19.1 Å². The molecule has 2 aromatic rings. The van der Waals surface area contributed by atoms with E-state index in [2.05, 4.69) is 4.98 Å². The van der Waals surface area contributed by atoms with Gasteiger partial charge in [0.15, 0.2) is 5.12 Å². The van der Waals surface area contributed by atoms with Gasteiger partial charge in [-0.05, 0) is 6.07 Å². The van der Waals surface area contributed by atoms with E-state index in [1.807, 2.05) is 0 Å². The Labute approximate surface area is 124 Å². The van der Waals surface area contributed by atoms with Crippen LogP contribution in [0.5, 0.6) is 0 Å². The number of rotatable bonds is 5. The highest BCUT2D eigenvalue weighted by atomic mass is 32.2. The van der Waals surface area contributed by atoms with Gasteiger partial charge in [0.1, 0.15) is 11.8 Å². The molecule has 1 heterocycles. The predicted octanol–water partition coefficient (Wildman–Crippen LogP) is 1.54. The van der Waals surface area contributed by atoms with Crippen LogP contribution in [0, 0.1) is 0 Å². The summed E-state index contributed by atoms with van der Waals surface area (Å²) in [6.07, 6.45) is -2.63. The van der Waals surface area contributed by atoms with Crippen molar-refractivity contribution in [3.63, 3.8) is 0 Å². The molecule has 21 heavy (non-hydrogen) atoms. The molecule has 0 saturated heterocycles. The number of aliphatic hydroxyl groups is 2. The summed E-state index contributed by atoms with van der Waals surface area (Å²) in [6.45, 7) is 1.36. The molecule has 0 amide bonds. The van der Waals surface area contributed by atoms with Crippen LogP contribution in [0.1, 0.15) is 29.1 Å². The number of fused-ring (bicyclic) bond motifs is 1. The third kappa shape index (κ3) is 3.26. The zero-order valence-corrected chi connectivity index (χ0v) is 12.1. The van der Waals surface area contributed by atoms with Crippen LogP contribution in [0.4, 0.5) is 0 Å². The van der Waals surface area contributed by atoms with Crippen LogP contribution < -0.4 is 0 Å². The molecular formula is C14H15NO5S. The lowest BCUT2D eigenvalue weighted by Gasteiger charge is -2.17. The average Bonchev–Trinajstić information content (AvgIpc) is 2.83. The van der Waals surface area contributed by atoms with Crippen molar-refractivity contribution < 1.29 is 24.9 Å². The minimum absolute atomic E-state index is 0.00489. The molecule has 112 valence electrons. The molecule has 1 aromatic heterocycles. The fourth-order valence-corrected chi connectivity index (χ4v) is 2.71. The van der Waals surface area contributed by atoms with Gasteiger partial charge in [-0.25, -0.2) is 4.79 Å². The Morgan fingerprint density at radius 3 is 2.57 bits per heavy atom. The Morgan fingerprint density at radius 1 is 1.29 bits per heavy atom. The molecule has 7 heteroatoms. The van der Waals surface area contributed by atoms with Gasteiger partial charge in [0.25, 0.3) is 0 Å². The van der Waals surface area contributed by atoms with E-state index in [0.29, 0.717) is 10.9 Å². The maximum Gasteiger partial charge on any atom is 0.352 e. The molecule has 0 radical (unpaired) electrons. The number of carboxylic acids is 1. The van der Waals surface area contributed by atoms with Crippen molar-refractivity contribution in [1.29, 1.82) is 0 Å². The third-order valence-electron chi connectivity index (χ3n) is 3.08. The van der Waals surface area contributed by atoms with Crippen molar-refractivity contribution in [1.82, 2.24) is 4.98 Å². The average molecular weight is 309 g/mol. The van der Waals surface area contributed by atoms with E-state index in [0.717, 1.165) is 11.8 Å². The number of aromatic amines is 1. The number of aromatic nitrogens is 1. The first-order valence-corrected chi connectivity index (χ1v) is 7.23. The van der Waals surface area contributed by atoms with Gasteiger partial charge in [-0.15, -0.1) is 0 Å². The van der Waals surface area contributed by atoms with Gasteiger partial charge in [0.2, 0.25) is 0 Å². The number of thioether (sulfide) groups is 1. The molecule has 0 spiro atoms. The molecule has 0 aliphatic rings. The Hall–Kier alpha value is -1.83. The van der Waals surface area contributed by atoms with Crippen LogP contribution in [-0.4, -0.2) is 43.2 Å². The summed E-state index contributed by atoms with van der Waals surface area (Å²) in [5, 5.41) is 29.8. The number of aromatic carboxylic acids is 1. The molecule has 0 saturated carbocycles. The number of para-hydroxylation sites is 1. The number of carbonyl (C=O) groups excluding carboxylic acids is 1. The van der Waals surface area contributed by atoms with Crippen molar-refractivity contribution in [2.75, 3.05) is 5.75 Å². The van der Waals surface area contributed by atoms with E-state index in [1.54, 1.807) is 24.3 Å². The smallest absolute Gasteiger partial charge is 0.352 e. The quantitative estimate of drug-likeness (QED) is 0.667. The first kappa shape index (κ1) is 15.6. The second kappa shape index (κ2) is 6.30. The summed E-state index contributed by atoms with van der Waals surface area (Å²) >= 11 is 0.878. The highest BCUT2D eigenvalue weighted by Crippen LogP contribution is 2.31. The highest BCUT2D eigenvalue weighted by Gasteiger charge is 2.28. The molecule has 2 atom stereocenters. The van der Waals surface area contributed by atoms with E-state index in [9.17, 15) is 24.9 Å². The van der Waals surface area contributed by atoms with Crippen LogP contribution in [0.3, 0.4) is 0 Å². The second-order valence-corrected chi connectivity index (χ2v) is 5.78. The number of H-pyrrole nitrogens is 1. The summed E-state index contributed by atoms with van der Waals surface area (Å²) in [5.74, 6) is -1.22. The van der Waals surface area contributed by atoms with Crippen LogP contribution in [0.15, 0.2) is 24.3 Å². The van der Waals surface area contributed by atoms with Gasteiger partial charge in [-0.1, -0.05) is 30.0 Å². The van der Waals surface area contributed by atoms with E-state index in [4.69, 9.17) is 0 Å². The minimum atomic E-state index is -1.39. The standard InChI is InChI=1S/C14H15NO5S/c1-7(16)21-6-10(17)13(18)11-8-4-2-3-5-9(8)15-12(11)14(19)20/h2-5,10,13,15,17-18H,6H2,1H3,(H,19,20). The fourth-order valence-electron chi connectivity index (χ4n) is 2.13. The van der Waals surface area contributed by atoms with Gasteiger partial charge in [0.05, 0.1) is 6.10 Å². The van der Waals surface area contributed by atoms with Gasteiger partial charge in [-0.2, -0.15) is 0 Å². The van der Waals surface area contributed by atoms with E-state index < -0.39 is 18.2 Å². The van der Waals surface area contributed by atoms with Gasteiger partial charge < -0.3 is 20.3 Å². The summed E-state index contributed by atoms with van der Waals surface area (Å²) in [7, 11) is 0. The second-order valence-electron chi connectivity index (χ2n) is 4.58. The molecule has 2 rings (SSSR count). The Morgan fingerprint density at radius 2 is 1.95 bits per heavy atom. The van der Waals surface area contributed by atoms with Gasteiger partial charge in [0, 0.05) is 29.1 Å². The minimum Gasteiger partial charge on any atom is -0.477 e. The lowest BCUT2D eigenvalue weighted by Crippen LogP contribution is -2.23. The highest BCUT2D eigenvalue weighted by molar-refractivity contribution is 8.13. The first-order valence-electron chi connectivity index (χ1n) is 6.25. The number of hydrogen-bond donors (Lipinski definition) is 4. The van der Waals surface area contributed by atoms with Gasteiger partial charge >= 0.3 is 5.97 Å². The Balaban J connectivity index is 2.41. The number of aliphatic hydroxyl groups excluding tert-OH is 2. The summed E-state index contributed by atoms with van der Waals surface area (Å²) < 4.78 is 0. The van der Waals surface area contributed by atoms with Crippen molar-refractivity contribution in [3.8, 4) is 0 Å². The number of hydrogen-bond acceptors (Lipinski definition) is 5. The van der Waals surface area contributed by atoms with Crippen LogP contribution >= 0.6 is 11.8 Å². The summed E-state index contributed by atoms with van der Waals surface area (Å²) in [5.41, 5.74) is 0.542. The number of benzene rings is 1. The molecule has 0 bridgehead atoms. The summed E-state index contributed by atoms with van der Waals surface area (Å²) in [6, 6.07) is 6.81. The third-order valence-corrected chi connectivity index (χ3v) is 3.99. The maximum atomic E-state index is 11.3. The van der Waals surface area contributed by atoms with E-state index >= 15 is 0 Å². The number of carboxylic acid groups (broad SMARTS) is 1. The van der Waals surface area contributed by atoms with Crippen molar-refractivity contribution in [2.24, 2.45) is 0 Å². The zero-order valence-electron chi connectivity index (χ0n) is 11.2. The van der Waals surface area contributed by atoms with E-state index in [-0.39, 0.29) is 22.1 Å². The number of nitrogens with one attached hydrogen (secondary N) is 1. The van der Waals surface area contributed by atoms with Crippen molar-refractivity contribution in [3.05, 3.63) is 35.5 Å². The molecule has 0 fully saturated rings.